The number of furan rings is 1. The summed E-state index contributed by atoms with van der Waals surface area (Å²) >= 11 is 0. The second kappa shape index (κ2) is 8.67. The van der Waals surface area contributed by atoms with Crippen LogP contribution in [0.4, 0.5) is 0 Å². The molecule has 1 aromatic heterocycles. The molecule has 0 bridgehead atoms. The van der Waals surface area contributed by atoms with E-state index in [9.17, 15) is 13.2 Å². The molecule has 170 valence electrons. The van der Waals surface area contributed by atoms with E-state index in [2.05, 4.69) is 19.1 Å². The van der Waals surface area contributed by atoms with E-state index >= 15 is 0 Å². The van der Waals surface area contributed by atoms with E-state index in [1.165, 1.54) is 5.56 Å². The lowest BCUT2D eigenvalue weighted by Crippen LogP contribution is -2.41. The van der Waals surface area contributed by atoms with Crippen LogP contribution in [0.15, 0.2) is 71.3 Å². The zero-order chi connectivity index (χ0) is 23.0. The third-order valence-corrected chi connectivity index (χ3v) is 8.39. The maximum atomic E-state index is 13.6. The summed E-state index contributed by atoms with van der Waals surface area (Å²) in [4.78, 5) is 15.4. The molecule has 0 radical (unpaired) electrons. The summed E-state index contributed by atoms with van der Waals surface area (Å²) in [6.07, 6.45) is 3.26. The van der Waals surface area contributed by atoms with Crippen molar-refractivity contribution in [2.24, 2.45) is 0 Å². The van der Waals surface area contributed by atoms with Crippen molar-refractivity contribution in [3.05, 3.63) is 83.6 Å². The maximum absolute atomic E-state index is 13.6. The Morgan fingerprint density at radius 1 is 1.03 bits per heavy atom. The van der Waals surface area contributed by atoms with Gasteiger partial charge in [0, 0.05) is 23.5 Å². The number of aryl methyl sites for hydroxylation is 1. The lowest BCUT2D eigenvalue weighted by molar-refractivity contribution is -0.133. The summed E-state index contributed by atoms with van der Waals surface area (Å²) in [5.74, 6) is 0.0865. The van der Waals surface area contributed by atoms with E-state index in [0.717, 1.165) is 39.3 Å². The van der Waals surface area contributed by atoms with Crippen LogP contribution in [0.3, 0.4) is 0 Å². The van der Waals surface area contributed by atoms with Crippen molar-refractivity contribution in [1.29, 1.82) is 0 Å². The van der Waals surface area contributed by atoms with Gasteiger partial charge in [-0.25, -0.2) is 8.42 Å². The minimum absolute atomic E-state index is 0.0286. The van der Waals surface area contributed by atoms with Crippen LogP contribution in [0.5, 0.6) is 0 Å². The number of nitrogens with zero attached hydrogens (tertiary/aromatic N) is 1. The third kappa shape index (κ3) is 4.40. The summed E-state index contributed by atoms with van der Waals surface area (Å²) < 4.78 is 30.2. The van der Waals surface area contributed by atoms with E-state index in [1.54, 1.807) is 11.2 Å². The predicted molar refractivity (Wildman–Crippen MR) is 131 cm³/mol. The number of hydrogen-bond acceptors (Lipinski definition) is 4. The highest BCUT2D eigenvalue weighted by Gasteiger charge is 2.35. The Labute approximate surface area is 193 Å². The minimum Gasteiger partial charge on any atom is -0.464 e. The van der Waals surface area contributed by atoms with Crippen molar-refractivity contribution >= 4 is 37.5 Å². The van der Waals surface area contributed by atoms with Gasteiger partial charge in [0.05, 0.1) is 24.2 Å². The average Bonchev–Trinajstić information content (AvgIpc) is 3.40. The second-order valence-electron chi connectivity index (χ2n) is 8.85. The van der Waals surface area contributed by atoms with E-state index in [1.807, 2.05) is 48.5 Å². The lowest BCUT2D eigenvalue weighted by Gasteiger charge is -2.28. The van der Waals surface area contributed by atoms with Crippen LogP contribution < -0.4 is 0 Å². The molecule has 1 aliphatic rings. The van der Waals surface area contributed by atoms with Crippen LogP contribution in [0.25, 0.3) is 21.7 Å². The van der Waals surface area contributed by atoms with Gasteiger partial charge in [0.2, 0.25) is 5.91 Å². The molecular formula is C27H27NO4S. The summed E-state index contributed by atoms with van der Waals surface area (Å²) in [5.41, 5.74) is 3.82. The van der Waals surface area contributed by atoms with Crippen LogP contribution in [-0.4, -0.2) is 36.8 Å². The standard InChI is InChI=1S/C27H27NO4S/c1-2-19-7-9-20(10-8-19)16-28(23-13-14-33(30,31)18-23)26(29)15-22-17-32-25-12-11-21-5-3-4-6-24(21)27(22)25/h3-12,17,23H,2,13-16,18H2,1H3. The zero-order valence-electron chi connectivity index (χ0n) is 18.7. The Bertz CT molecular complexity index is 1420. The fourth-order valence-electron chi connectivity index (χ4n) is 4.79. The van der Waals surface area contributed by atoms with E-state index in [-0.39, 0.29) is 29.9 Å². The summed E-state index contributed by atoms with van der Waals surface area (Å²) in [7, 11) is -3.11. The molecule has 1 saturated heterocycles. The number of benzene rings is 3. The highest BCUT2D eigenvalue weighted by atomic mass is 32.2. The molecule has 4 aromatic rings. The Balaban J connectivity index is 1.47. The van der Waals surface area contributed by atoms with Crippen LogP contribution in [0, 0.1) is 0 Å². The molecule has 1 amide bonds. The number of sulfone groups is 1. The molecule has 1 aliphatic heterocycles. The molecule has 0 saturated carbocycles. The first-order valence-corrected chi connectivity index (χ1v) is 13.2. The maximum Gasteiger partial charge on any atom is 0.227 e. The SMILES string of the molecule is CCc1ccc(CN(C(=O)Cc2coc3ccc4ccccc4c23)C2CCS(=O)(=O)C2)cc1. The number of carbonyl (C=O) groups excluding carboxylic acids is 1. The largest absolute Gasteiger partial charge is 0.464 e. The molecule has 33 heavy (non-hydrogen) atoms. The molecule has 0 aliphatic carbocycles. The number of carbonyl (C=O) groups is 1. The Hall–Kier alpha value is -3.12. The Morgan fingerprint density at radius 3 is 2.52 bits per heavy atom. The van der Waals surface area contributed by atoms with Gasteiger partial charge in [0.25, 0.3) is 0 Å². The minimum atomic E-state index is -3.11. The number of rotatable bonds is 6. The summed E-state index contributed by atoms with van der Waals surface area (Å²) in [6, 6.07) is 19.9. The molecule has 0 N–H and O–H groups in total. The van der Waals surface area contributed by atoms with Gasteiger partial charge >= 0.3 is 0 Å². The van der Waals surface area contributed by atoms with Gasteiger partial charge in [-0.05, 0) is 40.8 Å². The van der Waals surface area contributed by atoms with Crippen LogP contribution in [0.2, 0.25) is 0 Å². The van der Waals surface area contributed by atoms with E-state index < -0.39 is 9.84 Å². The van der Waals surface area contributed by atoms with Gasteiger partial charge in [0.15, 0.2) is 9.84 Å². The molecule has 2 heterocycles. The second-order valence-corrected chi connectivity index (χ2v) is 11.1. The molecule has 3 aromatic carbocycles. The third-order valence-electron chi connectivity index (χ3n) is 6.64. The Kier molecular flexibility index (Phi) is 5.71. The summed E-state index contributed by atoms with van der Waals surface area (Å²) in [6.45, 7) is 2.51. The normalized spacial score (nSPS) is 17.5. The molecule has 6 heteroatoms. The fourth-order valence-corrected chi connectivity index (χ4v) is 6.52. The Morgan fingerprint density at radius 2 is 1.79 bits per heavy atom. The molecule has 5 nitrogen and oxygen atoms in total. The first-order valence-electron chi connectivity index (χ1n) is 11.4. The van der Waals surface area contributed by atoms with Crippen molar-refractivity contribution in [2.45, 2.75) is 38.8 Å². The van der Waals surface area contributed by atoms with Gasteiger partial charge in [-0.2, -0.15) is 0 Å². The molecule has 0 spiro atoms. The first-order chi connectivity index (χ1) is 15.9. The molecule has 5 rings (SSSR count). The quantitative estimate of drug-likeness (QED) is 0.409. The highest BCUT2D eigenvalue weighted by molar-refractivity contribution is 7.91. The lowest BCUT2D eigenvalue weighted by atomic mass is 10.0. The first kappa shape index (κ1) is 21.7. The van der Waals surface area contributed by atoms with Crippen LogP contribution in [-0.2, 0) is 34.0 Å². The topological polar surface area (TPSA) is 67.6 Å². The predicted octanol–water partition coefficient (Wildman–Crippen LogP) is 4.91. The van der Waals surface area contributed by atoms with Gasteiger partial charge in [-0.1, -0.05) is 61.5 Å². The highest BCUT2D eigenvalue weighted by Crippen LogP contribution is 2.31. The monoisotopic (exact) mass is 461 g/mol. The van der Waals surface area contributed by atoms with Crippen LogP contribution >= 0.6 is 0 Å². The van der Waals surface area contributed by atoms with Crippen LogP contribution in [0.1, 0.15) is 30.0 Å². The van der Waals surface area contributed by atoms with Gasteiger partial charge in [0.1, 0.15) is 5.58 Å². The molecule has 1 fully saturated rings. The summed E-state index contributed by atoms with van der Waals surface area (Å²) in [5, 5.41) is 3.10. The number of amides is 1. The van der Waals surface area contributed by atoms with Crippen molar-refractivity contribution in [3.8, 4) is 0 Å². The van der Waals surface area contributed by atoms with Crippen molar-refractivity contribution in [3.63, 3.8) is 0 Å². The number of hydrogen-bond donors (Lipinski definition) is 0. The molecule has 1 unspecified atom stereocenters. The van der Waals surface area contributed by atoms with Crippen molar-refractivity contribution < 1.29 is 17.6 Å². The van der Waals surface area contributed by atoms with Gasteiger partial charge < -0.3 is 9.32 Å². The van der Waals surface area contributed by atoms with Gasteiger partial charge in [-0.3, -0.25) is 4.79 Å². The smallest absolute Gasteiger partial charge is 0.227 e. The number of fused-ring (bicyclic) bond motifs is 3. The zero-order valence-corrected chi connectivity index (χ0v) is 19.5. The van der Waals surface area contributed by atoms with Crippen molar-refractivity contribution in [1.82, 2.24) is 4.90 Å². The van der Waals surface area contributed by atoms with E-state index in [4.69, 9.17) is 4.42 Å². The van der Waals surface area contributed by atoms with Crippen molar-refractivity contribution in [2.75, 3.05) is 11.5 Å². The molecular weight excluding hydrogens is 434 g/mol. The van der Waals surface area contributed by atoms with Gasteiger partial charge in [-0.15, -0.1) is 0 Å². The molecule has 1 atom stereocenters. The fraction of sp³-hybridized carbons (Fsp3) is 0.296. The van der Waals surface area contributed by atoms with E-state index in [0.29, 0.717) is 13.0 Å². The average molecular weight is 462 g/mol.